The zero-order valence-electron chi connectivity index (χ0n) is 13.3. The minimum absolute atomic E-state index is 0.228. The Morgan fingerprint density at radius 3 is 2.71 bits per heavy atom. The molecule has 0 N–H and O–H groups in total. The molecule has 2 rings (SSSR count). The first kappa shape index (κ1) is 16.0. The molecule has 0 bridgehead atoms. The summed E-state index contributed by atoms with van der Waals surface area (Å²) in [5.74, 6) is 0.228. The molecule has 116 valence electrons. The van der Waals surface area contributed by atoms with Crippen molar-refractivity contribution in [1.29, 1.82) is 0 Å². The molecule has 1 heterocycles. The molecule has 3 nitrogen and oxygen atoms in total. The zero-order valence-corrected chi connectivity index (χ0v) is 13.3. The Kier molecular flexibility index (Phi) is 6.24. The second-order valence-corrected chi connectivity index (χ2v) is 6.08. The summed E-state index contributed by atoms with van der Waals surface area (Å²) in [6.07, 6.45) is 6.32. The minimum atomic E-state index is 0.228. The summed E-state index contributed by atoms with van der Waals surface area (Å²) in [5.41, 5.74) is 2.49. The zero-order chi connectivity index (χ0) is 15.1. The third-order valence-corrected chi connectivity index (χ3v) is 4.23. The number of ether oxygens (including phenoxy) is 1. The Hall–Kier alpha value is -1.35. The maximum atomic E-state index is 12.1. The van der Waals surface area contributed by atoms with Crippen molar-refractivity contribution in [2.45, 2.75) is 51.6 Å². The molecule has 1 fully saturated rings. The summed E-state index contributed by atoms with van der Waals surface area (Å²) in [7, 11) is 1.90. The highest BCUT2D eigenvalue weighted by molar-refractivity contribution is 5.76. The summed E-state index contributed by atoms with van der Waals surface area (Å²) in [4.78, 5) is 14.0. The van der Waals surface area contributed by atoms with Crippen LogP contribution in [0.5, 0.6) is 0 Å². The molecule has 1 aromatic carbocycles. The number of carbonyl (C=O) groups is 1. The number of rotatable bonds is 6. The van der Waals surface area contributed by atoms with E-state index in [1.807, 2.05) is 11.9 Å². The first-order valence-electron chi connectivity index (χ1n) is 8.06. The van der Waals surface area contributed by atoms with E-state index in [0.717, 1.165) is 32.4 Å². The van der Waals surface area contributed by atoms with E-state index in [2.05, 4.69) is 31.2 Å². The lowest BCUT2D eigenvalue weighted by Gasteiger charge is -2.25. The number of aryl methyl sites for hydroxylation is 2. The summed E-state index contributed by atoms with van der Waals surface area (Å²) in [6, 6.07) is 8.42. The number of benzene rings is 1. The maximum Gasteiger partial charge on any atom is 0.222 e. The average molecular weight is 289 g/mol. The fourth-order valence-electron chi connectivity index (χ4n) is 2.69. The maximum absolute atomic E-state index is 12.1. The minimum Gasteiger partial charge on any atom is -0.378 e. The Balaban J connectivity index is 1.68. The molecule has 21 heavy (non-hydrogen) atoms. The summed E-state index contributed by atoms with van der Waals surface area (Å²) in [5, 5.41) is 0. The van der Waals surface area contributed by atoms with Crippen LogP contribution in [0.25, 0.3) is 0 Å². The van der Waals surface area contributed by atoms with Crippen molar-refractivity contribution < 1.29 is 9.53 Å². The van der Waals surface area contributed by atoms with Crippen LogP contribution in [0.2, 0.25) is 0 Å². The van der Waals surface area contributed by atoms with Gasteiger partial charge in [-0.25, -0.2) is 0 Å². The SMILES string of the molecule is Cc1ccc(CCC(=O)N(C)CCC2CCCCO2)cc1. The molecule has 3 heteroatoms. The van der Waals surface area contributed by atoms with Gasteiger partial charge in [-0.1, -0.05) is 29.8 Å². The predicted octanol–water partition coefficient (Wildman–Crippen LogP) is 3.35. The number of hydrogen-bond acceptors (Lipinski definition) is 2. The highest BCUT2D eigenvalue weighted by Crippen LogP contribution is 2.16. The van der Waals surface area contributed by atoms with Gasteiger partial charge in [0.15, 0.2) is 0 Å². The van der Waals surface area contributed by atoms with Gasteiger partial charge in [-0.05, 0) is 44.6 Å². The second kappa shape index (κ2) is 8.18. The van der Waals surface area contributed by atoms with E-state index in [1.54, 1.807) is 0 Å². The molecule has 1 saturated heterocycles. The van der Waals surface area contributed by atoms with Gasteiger partial charge in [-0.3, -0.25) is 4.79 Å². The largest absolute Gasteiger partial charge is 0.378 e. The van der Waals surface area contributed by atoms with Gasteiger partial charge in [0.1, 0.15) is 0 Å². The van der Waals surface area contributed by atoms with Gasteiger partial charge in [-0.2, -0.15) is 0 Å². The molecule has 0 spiro atoms. The lowest BCUT2D eigenvalue weighted by molar-refractivity contribution is -0.130. The fourth-order valence-corrected chi connectivity index (χ4v) is 2.69. The van der Waals surface area contributed by atoms with Crippen LogP contribution in [0.3, 0.4) is 0 Å². The van der Waals surface area contributed by atoms with E-state index in [4.69, 9.17) is 4.74 Å². The van der Waals surface area contributed by atoms with Crippen LogP contribution in [-0.2, 0) is 16.0 Å². The third kappa shape index (κ3) is 5.50. The van der Waals surface area contributed by atoms with E-state index in [0.29, 0.717) is 12.5 Å². The highest BCUT2D eigenvalue weighted by atomic mass is 16.5. The van der Waals surface area contributed by atoms with Crippen LogP contribution >= 0.6 is 0 Å². The first-order chi connectivity index (χ1) is 10.1. The van der Waals surface area contributed by atoms with Crippen LogP contribution in [0.1, 0.15) is 43.2 Å². The van der Waals surface area contributed by atoms with Crippen LogP contribution in [0.4, 0.5) is 0 Å². The smallest absolute Gasteiger partial charge is 0.222 e. The van der Waals surface area contributed by atoms with Gasteiger partial charge in [0.2, 0.25) is 5.91 Å². The standard InChI is InChI=1S/C18H27NO2/c1-15-6-8-16(9-7-15)10-11-18(20)19(2)13-12-17-5-3-4-14-21-17/h6-9,17H,3-5,10-14H2,1-2H3. The second-order valence-electron chi connectivity index (χ2n) is 6.08. The van der Waals surface area contributed by atoms with Crippen molar-refractivity contribution in [1.82, 2.24) is 4.90 Å². The third-order valence-electron chi connectivity index (χ3n) is 4.23. The van der Waals surface area contributed by atoms with Crippen LogP contribution in [0.15, 0.2) is 24.3 Å². The van der Waals surface area contributed by atoms with E-state index in [-0.39, 0.29) is 5.91 Å². The Morgan fingerprint density at radius 1 is 1.29 bits per heavy atom. The van der Waals surface area contributed by atoms with Crippen molar-refractivity contribution in [2.75, 3.05) is 20.2 Å². The van der Waals surface area contributed by atoms with Gasteiger partial charge < -0.3 is 9.64 Å². The Morgan fingerprint density at radius 2 is 2.05 bits per heavy atom. The van der Waals surface area contributed by atoms with Crippen molar-refractivity contribution in [3.05, 3.63) is 35.4 Å². The average Bonchev–Trinajstić information content (AvgIpc) is 2.52. The predicted molar refractivity (Wildman–Crippen MR) is 85.3 cm³/mol. The van der Waals surface area contributed by atoms with Crippen molar-refractivity contribution >= 4 is 5.91 Å². The molecule has 1 atom stereocenters. The van der Waals surface area contributed by atoms with Gasteiger partial charge in [0, 0.05) is 26.6 Å². The molecule has 0 radical (unpaired) electrons. The van der Waals surface area contributed by atoms with E-state index in [1.165, 1.54) is 24.0 Å². The normalized spacial score (nSPS) is 18.5. The van der Waals surface area contributed by atoms with Gasteiger partial charge in [0.05, 0.1) is 6.10 Å². The Labute approximate surface area is 128 Å². The van der Waals surface area contributed by atoms with Crippen molar-refractivity contribution in [3.8, 4) is 0 Å². The van der Waals surface area contributed by atoms with Crippen LogP contribution < -0.4 is 0 Å². The number of amides is 1. The summed E-state index contributed by atoms with van der Waals surface area (Å²) < 4.78 is 5.71. The molecule has 1 aliphatic rings. The van der Waals surface area contributed by atoms with Crippen LogP contribution in [0, 0.1) is 6.92 Å². The summed E-state index contributed by atoms with van der Waals surface area (Å²) in [6.45, 7) is 3.77. The van der Waals surface area contributed by atoms with Crippen molar-refractivity contribution in [3.63, 3.8) is 0 Å². The van der Waals surface area contributed by atoms with Crippen LogP contribution in [-0.4, -0.2) is 37.1 Å². The van der Waals surface area contributed by atoms with Gasteiger partial charge >= 0.3 is 0 Å². The molecule has 1 amide bonds. The first-order valence-corrected chi connectivity index (χ1v) is 8.06. The molecule has 1 aliphatic heterocycles. The number of nitrogens with zero attached hydrogens (tertiary/aromatic N) is 1. The number of carbonyl (C=O) groups excluding carboxylic acids is 1. The molecule has 0 aromatic heterocycles. The molecular weight excluding hydrogens is 262 g/mol. The van der Waals surface area contributed by atoms with E-state index >= 15 is 0 Å². The summed E-state index contributed by atoms with van der Waals surface area (Å²) >= 11 is 0. The Bertz CT molecular complexity index is 435. The lowest BCUT2D eigenvalue weighted by Crippen LogP contribution is -2.31. The molecule has 1 unspecified atom stereocenters. The molecule has 0 aliphatic carbocycles. The topological polar surface area (TPSA) is 29.5 Å². The van der Waals surface area contributed by atoms with E-state index in [9.17, 15) is 4.79 Å². The monoisotopic (exact) mass is 289 g/mol. The molecule has 0 saturated carbocycles. The fraction of sp³-hybridized carbons (Fsp3) is 0.611. The van der Waals surface area contributed by atoms with Gasteiger partial charge in [-0.15, -0.1) is 0 Å². The lowest BCUT2D eigenvalue weighted by atomic mass is 10.1. The highest BCUT2D eigenvalue weighted by Gasteiger charge is 2.16. The van der Waals surface area contributed by atoms with E-state index < -0.39 is 0 Å². The quantitative estimate of drug-likeness (QED) is 0.804. The number of hydrogen-bond donors (Lipinski definition) is 0. The van der Waals surface area contributed by atoms with Gasteiger partial charge in [0.25, 0.3) is 0 Å². The van der Waals surface area contributed by atoms with Crippen molar-refractivity contribution in [2.24, 2.45) is 0 Å². The molecule has 1 aromatic rings. The molecular formula is C18H27NO2.